The van der Waals surface area contributed by atoms with Gasteiger partial charge in [0.15, 0.2) is 0 Å². The van der Waals surface area contributed by atoms with Crippen molar-refractivity contribution in [1.82, 2.24) is 0 Å². The normalized spacial score (nSPS) is 9.85. The molecule has 0 aliphatic heterocycles. The van der Waals surface area contributed by atoms with Gasteiger partial charge in [-0.3, -0.25) is 0 Å². The average molecular weight is 382 g/mol. The molecule has 0 amide bonds. The second-order valence-corrected chi connectivity index (χ2v) is 7.32. The summed E-state index contributed by atoms with van der Waals surface area (Å²) in [7, 11) is 0. The van der Waals surface area contributed by atoms with Gasteiger partial charge in [-0.25, -0.2) is 15.0 Å². The van der Waals surface area contributed by atoms with Gasteiger partial charge in [-0.15, -0.1) is 0 Å². The minimum atomic E-state index is -0.254. The van der Waals surface area contributed by atoms with Crippen molar-refractivity contribution in [2.45, 2.75) is 117 Å². The molecular weight excluding hydrogens is 338 g/mol. The van der Waals surface area contributed by atoms with Crippen molar-refractivity contribution < 1.29 is 14.3 Å². The molecule has 0 aliphatic rings. The predicted octanol–water partition coefficient (Wildman–Crippen LogP) is 7.27. The highest BCUT2D eigenvalue weighted by atomic mass is 16.5. The SMILES string of the molecule is C=C(C)C(=O)OCCCCCCCCCCCCCCCCCC.N=C=O. The summed E-state index contributed by atoms with van der Waals surface area (Å²) < 4.78 is 5.08. The quantitative estimate of drug-likeness (QED) is 0.0892. The number of nitrogens with one attached hydrogen (secondary N) is 1. The number of esters is 1. The predicted molar refractivity (Wildman–Crippen MR) is 114 cm³/mol. The fourth-order valence-electron chi connectivity index (χ4n) is 2.94. The van der Waals surface area contributed by atoms with Crippen LogP contribution in [-0.2, 0) is 14.3 Å². The van der Waals surface area contributed by atoms with Crippen LogP contribution in [0.4, 0.5) is 0 Å². The zero-order valence-corrected chi connectivity index (χ0v) is 18.0. The molecule has 0 aromatic carbocycles. The molecule has 0 heterocycles. The highest BCUT2D eigenvalue weighted by Crippen LogP contribution is 2.13. The third kappa shape index (κ3) is 26.9. The summed E-state index contributed by atoms with van der Waals surface area (Å²) in [6.45, 7) is 8.09. The van der Waals surface area contributed by atoms with E-state index in [1.165, 1.54) is 96.3 Å². The van der Waals surface area contributed by atoms with Crippen LogP contribution in [0, 0.1) is 5.41 Å². The largest absolute Gasteiger partial charge is 0.462 e. The second kappa shape index (κ2) is 24.6. The number of rotatable bonds is 18. The lowest BCUT2D eigenvalue weighted by atomic mass is 10.0. The lowest BCUT2D eigenvalue weighted by Gasteiger charge is -2.05. The van der Waals surface area contributed by atoms with E-state index in [9.17, 15) is 4.79 Å². The van der Waals surface area contributed by atoms with Crippen LogP contribution in [0.15, 0.2) is 12.2 Å². The maximum Gasteiger partial charge on any atom is 0.333 e. The minimum absolute atomic E-state index is 0.254. The third-order valence-electron chi connectivity index (χ3n) is 4.58. The highest BCUT2D eigenvalue weighted by molar-refractivity contribution is 5.86. The smallest absolute Gasteiger partial charge is 0.333 e. The first-order valence-corrected chi connectivity index (χ1v) is 11.0. The Bertz CT molecular complexity index is 374. The van der Waals surface area contributed by atoms with E-state index in [0.717, 1.165) is 12.5 Å². The summed E-state index contributed by atoms with van der Waals surface area (Å²) in [4.78, 5) is 19.5. The van der Waals surface area contributed by atoms with E-state index in [1.807, 2.05) is 0 Å². The van der Waals surface area contributed by atoms with Crippen molar-refractivity contribution in [3.8, 4) is 0 Å². The van der Waals surface area contributed by atoms with E-state index in [2.05, 4.69) is 13.5 Å². The van der Waals surface area contributed by atoms with Crippen LogP contribution in [0.1, 0.15) is 117 Å². The Morgan fingerprint density at radius 1 is 0.778 bits per heavy atom. The summed E-state index contributed by atoms with van der Waals surface area (Å²) in [6.07, 6.45) is 22.5. The maximum atomic E-state index is 11.2. The third-order valence-corrected chi connectivity index (χ3v) is 4.58. The summed E-state index contributed by atoms with van der Waals surface area (Å²) in [5, 5.41) is 5.40. The summed E-state index contributed by atoms with van der Waals surface area (Å²) in [5.74, 6) is -0.254. The van der Waals surface area contributed by atoms with Crippen LogP contribution in [-0.4, -0.2) is 18.7 Å². The van der Waals surface area contributed by atoms with Crippen molar-refractivity contribution in [3.05, 3.63) is 12.2 Å². The number of hydrogen-bond donors (Lipinski definition) is 1. The average Bonchev–Trinajstić information content (AvgIpc) is 2.64. The Morgan fingerprint density at radius 2 is 1.07 bits per heavy atom. The number of isocyanates is 1. The van der Waals surface area contributed by atoms with Crippen molar-refractivity contribution in [2.24, 2.45) is 0 Å². The molecule has 1 N–H and O–H groups in total. The molecule has 0 aromatic heterocycles. The topological polar surface area (TPSA) is 67.2 Å². The van der Waals surface area contributed by atoms with Crippen LogP contribution in [0.3, 0.4) is 0 Å². The molecule has 0 unspecified atom stereocenters. The lowest BCUT2D eigenvalue weighted by Crippen LogP contribution is -2.05. The van der Waals surface area contributed by atoms with Gasteiger partial charge in [0.2, 0.25) is 6.08 Å². The fourth-order valence-corrected chi connectivity index (χ4v) is 2.94. The van der Waals surface area contributed by atoms with Gasteiger partial charge >= 0.3 is 5.97 Å². The Labute approximate surface area is 167 Å². The van der Waals surface area contributed by atoms with E-state index in [1.54, 1.807) is 6.92 Å². The van der Waals surface area contributed by atoms with E-state index >= 15 is 0 Å². The second-order valence-electron chi connectivity index (χ2n) is 7.32. The molecule has 0 spiro atoms. The maximum absolute atomic E-state index is 11.2. The van der Waals surface area contributed by atoms with Crippen molar-refractivity contribution >= 4 is 12.0 Å². The zero-order chi connectivity index (χ0) is 20.6. The Hall–Kier alpha value is -1.41. The summed E-state index contributed by atoms with van der Waals surface area (Å²) >= 11 is 0. The fraction of sp³-hybridized carbons (Fsp3) is 0.826. The molecule has 0 saturated carbocycles. The highest BCUT2D eigenvalue weighted by Gasteiger charge is 2.01. The van der Waals surface area contributed by atoms with Gasteiger partial charge in [-0.2, -0.15) is 0 Å². The monoisotopic (exact) mass is 381 g/mol. The van der Waals surface area contributed by atoms with Gasteiger partial charge in [-0.05, 0) is 13.3 Å². The zero-order valence-electron chi connectivity index (χ0n) is 18.0. The van der Waals surface area contributed by atoms with Gasteiger partial charge in [-0.1, -0.05) is 110 Å². The standard InChI is InChI=1S/C22H42O2.CHNO/c1-4-5-6-7-8-9-10-11-12-13-14-15-16-17-18-19-20-24-22(23)21(2)3;2-1-3/h2,4-20H2,1,3H3;2H. The Balaban J connectivity index is 0. The number of carbonyl (C=O) groups is 1. The van der Waals surface area contributed by atoms with Gasteiger partial charge in [0, 0.05) is 5.57 Å². The van der Waals surface area contributed by atoms with Gasteiger partial charge in [0.05, 0.1) is 6.61 Å². The molecule has 0 bridgehead atoms. The van der Waals surface area contributed by atoms with Gasteiger partial charge in [0.25, 0.3) is 0 Å². The molecule has 0 saturated heterocycles. The Kier molecular flexibility index (Phi) is 25.3. The summed E-state index contributed by atoms with van der Waals surface area (Å²) in [6, 6.07) is 0. The van der Waals surface area contributed by atoms with Crippen molar-refractivity contribution in [2.75, 3.05) is 6.61 Å². The molecule has 0 atom stereocenters. The van der Waals surface area contributed by atoms with Gasteiger partial charge in [0.1, 0.15) is 0 Å². The van der Waals surface area contributed by atoms with Crippen LogP contribution < -0.4 is 0 Å². The Morgan fingerprint density at radius 3 is 1.37 bits per heavy atom. The molecule has 0 fully saturated rings. The first-order valence-electron chi connectivity index (χ1n) is 11.0. The number of unbranched alkanes of at least 4 members (excludes halogenated alkanes) is 15. The molecule has 4 nitrogen and oxygen atoms in total. The van der Waals surface area contributed by atoms with E-state index in [-0.39, 0.29) is 5.97 Å². The van der Waals surface area contributed by atoms with E-state index in [4.69, 9.17) is 14.9 Å². The lowest BCUT2D eigenvalue weighted by molar-refractivity contribution is -0.139. The van der Waals surface area contributed by atoms with E-state index in [0.29, 0.717) is 12.2 Å². The summed E-state index contributed by atoms with van der Waals surface area (Å²) in [5.41, 5.74) is 0.492. The van der Waals surface area contributed by atoms with E-state index < -0.39 is 0 Å². The molecule has 27 heavy (non-hydrogen) atoms. The first kappa shape index (κ1) is 27.8. The molecule has 0 aromatic rings. The molecular formula is C23H43NO3. The van der Waals surface area contributed by atoms with Crippen LogP contribution in [0.5, 0.6) is 0 Å². The molecule has 0 rings (SSSR count). The first-order chi connectivity index (χ1) is 13.1. The van der Waals surface area contributed by atoms with Crippen LogP contribution in [0.25, 0.3) is 0 Å². The van der Waals surface area contributed by atoms with Crippen LogP contribution in [0.2, 0.25) is 0 Å². The number of carbonyl (C=O) groups excluding carboxylic acids is 2. The van der Waals surface area contributed by atoms with Crippen LogP contribution >= 0.6 is 0 Å². The molecule has 0 aliphatic carbocycles. The van der Waals surface area contributed by atoms with Gasteiger partial charge < -0.3 is 4.74 Å². The molecule has 0 radical (unpaired) electrons. The molecule has 158 valence electrons. The number of ether oxygens (including phenoxy) is 1. The van der Waals surface area contributed by atoms with Crippen molar-refractivity contribution in [1.29, 1.82) is 5.41 Å². The van der Waals surface area contributed by atoms with Crippen molar-refractivity contribution in [3.63, 3.8) is 0 Å². The number of hydrogen-bond acceptors (Lipinski definition) is 4. The minimum Gasteiger partial charge on any atom is -0.462 e. The molecule has 4 heteroatoms.